The summed E-state index contributed by atoms with van der Waals surface area (Å²) >= 11 is 3.70. The Morgan fingerprint density at radius 2 is 2.07 bits per heavy atom. The Labute approximate surface area is 105 Å². The summed E-state index contributed by atoms with van der Waals surface area (Å²) in [6.07, 6.45) is 4.95. The van der Waals surface area contributed by atoms with E-state index in [9.17, 15) is 0 Å². The molecule has 0 aliphatic rings. The molecule has 0 aliphatic heterocycles. The number of rotatable bonds is 5. The van der Waals surface area contributed by atoms with E-state index >= 15 is 0 Å². The predicted molar refractivity (Wildman–Crippen MR) is 68.8 cm³/mol. The molecule has 0 fully saturated rings. The van der Waals surface area contributed by atoms with Crippen molar-refractivity contribution in [3.63, 3.8) is 0 Å². The van der Waals surface area contributed by atoms with Gasteiger partial charge in [0.05, 0.1) is 0 Å². The van der Waals surface area contributed by atoms with Gasteiger partial charge in [-0.15, -0.1) is 0 Å². The van der Waals surface area contributed by atoms with Crippen molar-refractivity contribution in [1.29, 1.82) is 0 Å². The normalized spacial score (nSPS) is 11.7. The Hall–Kier alpha value is 0.230. The molecule has 0 aliphatic carbocycles. The molecule has 14 heavy (non-hydrogen) atoms. The monoisotopic (exact) mass is 368 g/mol. The van der Waals surface area contributed by atoms with Crippen molar-refractivity contribution in [2.24, 2.45) is 0 Å². The summed E-state index contributed by atoms with van der Waals surface area (Å²) in [5.41, 5.74) is 1.31. The molecule has 2 heteroatoms. The van der Waals surface area contributed by atoms with E-state index in [4.69, 9.17) is 0 Å². The summed E-state index contributed by atoms with van der Waals surface area (Å²) in [4.78, 5) is 0. The van der Waals surface area contributed by atoms with E-state index in [0.717, 1.165) is 0 Å². The first-order chi connectivity index (χ1) is 6.83. The van der Waals surface area contributed by atoms with Crippen LogP contribution in [0.1, 0.15) is 25.3 Å². The molecule has 1 aromatic carbocycles. The van der Waals surface area contributed by atoms with Crippen molar-refractivity contribution in [3.8, 4) is 0 Å². The molecule has 0 heterocycles. The zero-order chi connectivity index (χ0) is 10.2. The van der Waals surface area contributed by atoms with Crippen molar-refractivity contribution in [2.45, 2.75) is 24.2 Å². The number of hydrogen-bond donors (Lipinski definition) is 0. The second-order valence-electron chi connectivity index (χ2n) is 3.06. The third kappa shape index (κ3) is 5.20. The Morgan fingerprint density at radius 3 is 2.71 bits per heavy atom. The van der Waals surface area contributed by atoms with E-state index in [2.05, 4.69) is 59.3 Å². The van der Waals surface area contributed by atoms with Crippen LogP contribution >= 0.6 is 15.9 Å². The second kappa shape index (κ2) is 7.51. The Kier molecular flexibility index (Phi) is 6.60. The molecule has 76 valence electrons. The van der Waals surface area contributed by atoms with Gasteiger partial charge in [-0.25, -0.2) is 0 Å². The quantitative estimate of drug-likeness (QED) is 0.538. The van der Waals surface area contributed by atoms with Crippen LogP contribution in [-0.4, -0.2) is 20.9 Å². The van der Waals surface area contributed by atoms with Gasteiger partial charge in [-0.05, 0) is 0 Å². The average Bonchev–Trinajstić information content (AvgIpc) is 2.20. The van der Waals surface area contributed by atoms with Crippen molar-refractivity contribution >= 4 is 42.9 Å². The van der Waals surface area contributed by atoms with Crippen molar-refractivity contribution in [1.82, 2.24) is 0 Å². The summed E-state index contributed by atoms with van der Waals surface area (Å²) in [6.45, 7) is 2.25. The average molecular weight is 367 g/mol. The minimum atomic E-state index is 0.0353. The van der Waals surface area contributed by atoms with Gasteiger partial charge in [0, 0.05) is 0 Å². The Morgan fingerprint density at radius 1 is 1.36 bits per heavy atom. The summed E-state index contributed by atoms with van der Waals surface area (Å²) in [7, 11) is 0. The first kappa shape index (κ1) is 12.3. The van der Waals surface area contributed by atoms with Crippen LogP contribution in [-0.2, 0) is 0 Å². The van der Waals surface area contributed by atoms with Crippen LogP contribution in [0.2, 0.25) is 4.47 Å². The fourth-order valence-electron chi connectivity index (χ4n) is 1.04. The van der Waals surface area contributed by atoms with E-state index in [-0.39, 0.29) is 20.9 Å². The summed E-state index contributed by atoms with van der Waals surface area (Å²) < 4.78 is 2.84. The van der Waals surface area contributed by atoms with Crippen LogP contribution in [0.25, 0.3) is 6.08 Å². The van der Waals surface area contributed by atoms with Gasteiger partial charge >= 0.3 is 106 Å². The van der Waals surface area contributed by atoms with E-state index < -0.39 is 0 Å². The third-order valence-corrected chi connectivity index (χ3v) is 6.11. The predicted octanol–water partition coefficient (Wildman–Crippen LogP) is 4.30. The molecule has 0 aromatic heterocycles. The zero-order valence-electron chi connectivity index (χ0n) is 8.37. The van der Waals surface area contributed by atoms with Crippen LogP contribution in [0.3, 0.4) is 0 Å². The molecule has 0 radical (unpaired) electrons. The Balaban J connectivity index is 2.43. The van der Waals surface area contributed by atoms with E-state index in [1.807, 2.05) is 0 Å². The van der Waals surface area contributed by atoms with Crippen LogP contribution in [0.5, 0.6) is 0 Å². The standard InChI is InChI=1S/C12H15BrTe/c1-2-3-9-14-12(13)10-11-7-5-4-6-8-11/h4-8,10H,2-3,9H2,1H3/b12-10+. The Bertz CT molecular complexity index is 280. The van der Waals surface area contributed by atoms with Crippen molar-refractivity contribution < 1.29 is 0 Å². The summed E-state index contributed by atoms with van der Waals surface area (Å²) in [5.74, 6) is 0. The van der Waals surface area contributed by atoms with Gasteiger partial charge in [0.1, 0.15) is 0 Å². The molecule has 0 bridgehead atoms. The van der Waals surface area contributed by atoms with E-state index in [0.29, 0.717) is 0 Å². The first-order valence-corrected chi connectivity index (χ1v) is 8.48. The van der Waals surface area contributed by atoms with E-state index in [1.54, 1.807) is 0 Å². The molecular weight excluding hydrogens is 352 g/mol. The first-order valence-electron chi connectivity index (χ1n) is 4.88. The maximum absolute atomic E-state index is 3.66. The van der Waals surface area contributed by atoms with Gasteiger partial charge in [0.2, 0.25) is 0 Å². The SMILES string of the molecule is CCCC[Te]/C(Br)=C/c1ccccc1. The fraction of sp³-hybridized carbons (Fsp3) is 0.333. The van der Waals surface area contributed by atoms with Crippen molar-refractivity contribution in [3.05, 3.63) is 38.4 Å². The van der Waals surface area contributed by atoms with Gasteiger partial charge in [-0.2, -0.15) is 0 Å². The maximum atomic E-state index is 3.66. The van der Waals surface area contributed by atoms with Gasteiger partial charge in [-0.1, -0.05) is 0 Å². The fourth-order valence-corrected chi connectivity index (χ4v) is 4.80. The summed E-state index contributed by atoms with van der Waals surface area (Å²) in [5, 5.41) is 0. The third-order valence-electron chi connectivity index (χ3n) is 1.82. The molecular formula is C12H15BrTe. The number of benzene rings is 1. The van der Waals surface area contributed by atoms with Gasteiger partial charge in [0.15, 0.2) is 0 Å². The van der Waals surface area contributed by atoms with Crippen LogP contribution in [0.4, 0.5) is 0 Å². The molecule has 0 unspecified atom stereocenters. The molecule has 0 saturated carbocycles. The van der Waals surface area contributed by atoms with Crippen molar-refractivity contribution in [2.75, 3.05) is 0 Å². The topological polar surface area (TPSA) is 0 Å². The number of unbranched alkanes of at least 4 members (excludes halogenated alkanes) is 1. The van der Waals surface area contributed by atoms with Crippen LogP contribution in [0, 0.1) is 0 Å². The molecule has 0 atom stereocenters. The zero-order valence-corrected chi connectivity index (χ0v) is 12.3. The molecule has 1 aromatic rings. The van der Waals surface area contributed by atoms with Gasteiger partial charge < -0.3 is 0 Å². The number of halogens is 1. The molecule has 0 nitrogen and oxygen atoms in total. The number of hydrogen-bond acceptors (Lipinski definition) is 0. The van der Waals surface area contributed by atoms with Crippen LogP contribution < -0.4 is 0 Å². The van der Waals surface area contributed by atoms with Gasteiger partial charge in [-0.3, -0.25) is 0 Å². The second-order valence-corrected chi connectivity index (χ2v) is 8.79. The molecule has 0 amide bonds. The minimum absolute atomic E-state index is 0.0353. The van der Waals surface area contributed by atoms with E-state index in [1.165, 1.54) is 25.4 Å². The molecule has 0 N–H and O–H groups in total. The van der Waals surface area contributed by atoms with Crippen LogP contribution in [0.15, 0.2) is 32.9 Å². The molecule has 0 saturated heterocycles. The van der Waals surface area contributed by atoms with Gasteiger partial charge in [0.25, 0.3) is 0 Å². The summed E-state index contributed by atoms with van der Waals surface area (Å²) in [6, 6.07) is 10.5. The molecule has 0 spiro atoms. The molecule has 1 rings (SSSR count).